The number of aryl methyl sites for hydroxylation is 1. The lowest BCUT2D eigenvalue weighted by Gasteiger charge is -2.14. The van der Waals surface area contributed by atoms with Crippen molar-refractivity contribution in [1.29, 1.82) is 0 Å². The minimum Gasteiger partial charge on any atom is -0.453 e. The zero-order valence-corrected chi connectivity index (χ0v) is 13.9. The summed E-state index contributed by atoms with van der Waals surface area (Å²) in [5.74, 6) is 0.576. The second kappa shape index (κ2) is 6.41. The van der Waals surface area contributed by atoms with Crippen LogP contribution in [0.3, 0.4) is 0 Å². The van der Waals surface area contributed by atoms with Crippen molar-refractivity contribution in [2.45, 2.75) is 32.6 Å². The average Bonchev–Trinajstić information content (AvgIpc) is 2.52. The summed E-state index contributed by atoms with van der Waals surface area (Å²) in [6.07, 6.45) is 4.24. The maximum Gasteiger partial charge on any atom is 0.182 e. The van der Waals surface area contributed by atoms with E-state index in [0.717, 1.165) is 48.1 Å². The average molecular weight is 310 g/mol. The van der Waals surface area contributed by atoms with Crippen LogP contribution in [0.25, 0.3) is 22.6 Å². The Balaban J connectivity index is 2.13. The summed E-state index contributed by atoms with van der Waals surface area (Å²) < 4.78 is 5.98. The predicted octanol–water partition coefficient (Wildman–Crippen LogP) is 4.09. The lowest BCUT2D eigenvalue weighted by Crippen LogP contribution is -2.09. The first-order chi connectivity index (χ1) is 11.1. The smallest absolute Gasteiger partial charge is 0.182 e. The van der Waals surface area contributed by atoms with Crippen molar-refractivity contribution < 1.29 is 4.42 Å². The van der Waals surface area contributed by atoms with Gasteiger partial charge in [-0.3, -0.25) is 4.79 Å². The van der Waals surface area contributed by atoms with Crippen LogP contribution in [0.4, 0.5) is 5.69 Å². The predicted molar refractivity (Wildman–Crippen MR) is 94.5 cm³/mol. The fraction of sp³-hybridized carbons (Fsp3) is 0.368. The third-order valence-electron chi connectivity index (χ3n) is 4.09. The normalized spacial score (nSPS) is 11.3. The van der Waals surface area contributed by atoms with Crippen molar-refractivity contribution in [2.24, 2.45) is 0 Å². The summed E-state index contributed by atoms with van der Waals surface area (Å²) in [7, 11) is 3.97. The van der Waals surface area contributed by atoms with Crippen LogP contribution in [-0.2, 0) is 6.42 Å². The van der Waals surface area contributed by atoms with Crippen molar-refractivity contribution in [3.8, 4) is 11.5 Å². The molecule has 0 saturated heterocycles. The highest BCUT2D eigenvalue weighted by atomic mass is 16.3. The Hall–Kier alpha value is -2.36. The van der Waals surface area contributed by atoms with Crippen molar-refractivity contribution in [1.82, 2.24) is 4.98 Å². The Morgan fingerprint density at radius 3 is 2.70 bits per heavy atom. The SMILES string of the molecule is CCCCCc1cc(=O)cc2oc3cc(N(C)C)ccc3nc1-2. The van der Waals surface area contributed by atoms with Crippen LogP contribution in [0.5, 0.6) is 0 Å². The molecule has 2 aliphatic rings. The molecule has 23 heavy (non-hydrogen) atoms. The molecule has 1 heterocycles. The van der Waals surface area contributed by atoms with Gasteiger partial charge in [0.1, 0.15) is 11.2 Å². The van der Waals surface area contributed by atoms with Crippen molar-refractivity contribution in [3.05, 3.63) is 46.1 Å². The van der Waals surface area contributed by atoms with Crippen molar-refractivity contribution in [3.63, 3.8) is 0 Å². The van der Waals surface area contributed by atoms with Gasteiger partial charge in [-0.2, -0.15) is 0 Å². The van der Waals surface area contributed by atoms with E-state index in [1.807, 2.05) is 37.2 Å². The number of rotatable bonds is 5. The largest absolute Gasteiger partial charge is 0.453 e. The fourth-order valence-corrected chi connectivity index (χ4v) is 2.79. The second-order valence-electron chi connectivity index (χ2n) is 6.15. The number of unbranched alkanes of at least 4 members (excludes halogenated alkanes) is 2. The number of anilines is 1. The highest BCUT2D eigenvalue weighted by molar-refractivity contribution is 5.80. The van der Waals surface area contributed by atoms with Crippen molar-refractivity contribution >= 4 is 16.8 Å². The molecule has 0 N–H and O–H groups in total. The Bertz CT molecular complexity index is 852. The number of fused-ring (bicyclic) bond motifs is 2. The summed E-state index contributed by atoms with van der Waals surface area (Å²) in [5.41, 5.74) is 4.35. The van der Waals surface area contributed by atoms with E-state index in [2.05, 4.69) is 6.92 Å². The zero-order chi connectivity index (χ0) is 16.4. The fourth-order valence-electron chi connectivity index (χ4n) is 2.79. The molecular weight excluding hydrogens is 288 g/mol. The molecule has 1 aliphatic heterocycles. The molecule has 0 saturated carbocycles. The van der Waals surface area contributed by atoms with Gasteiger partial charge in [-0.25, -0.2) is 4.98 Å². The third-order valence-corrected chi connectivity index (χ3v) is 4.09. The Labute approximate surface area is 136 Å². The van der Waals surface area contributed by atoms with Gasteiger partial charge in [-0.1, -0.05) is 19.8 Å². The van der Waals surface area contributed by atoms with Gasteiger partial charge < -0.3 is 9.32 Å². The van der Waals surface area contributed by atoms with Gasteiger partial charge >= 0.3 is 0 Å². The second-order valence-corrected chi connectivity index (χ2v) is 6.15. The molecule has 3 rings (SSSR count). The van der Waals surface area contributed by atoms with Gasteiger partial charge in [-0.15, -0.1) is 0 Å². The first-order valence-electron chi connectivity index (χ1n) is 8.13. The molecule has 0 aromatic heterocycles. The van der Waals surface area contributed by atoms with Gasteiger partial charge in [0.25, 0.3) is 0 Å². The van der Waals surface area contributed by atoms with Gasteiger partial charge in [0.05, 0.1) is 0 Å². The molecule has 120 valence electrons. The number of hydrogen-bond acceptors (Lipinski definition) is 4. The van der Waals surface area contributed by atoms with Crippen LogP contribution in [0.2, 0.25) is 0 Å². The molecule has 4 nitrogen and oxygen atoms in total. The highest BCUT2D eigenvalue weighted by Gasteiger charge is 2.15. The van der Waals surface area contributed by atoms with E-state index in [9.17, 15) is 4.79 Å². The molecule has 4 heteroatoms. The molecule has 0 bridgehead atoms. The molecule has 1 aromatic carbocycles. The number of aromatic nitrogens is 1. The number of hydrogen-bond donors (Lipinski definition) is 0. The lowest BCUT2D eigenvalue weighted by atomic mass is 10.0. The first kappa shape index (κ1) is 15.5. The molecular formula is C19H22N2O2. The van der Waals surface area contributed by atoms with E-state index in [1.165, 1.54) is 6.07 Å². The van der Waals surface area contributed by atoms with E-state index < -0.39 is 0 Å². The van der Waals surface area contributed by atoms with Crippen LogP contribution >= 0.6 is 0 Å². The molecule has 0 atom stereocenters. The summed E-state index contributed by atoms with van der Waals surface area (Å²) in [4.78, 5) is 18.7. The van der Waals surface area contributed by atoms with Gasteiger partial charge in [0.15, 0.2) is 16.8 Å². The zero-order valence-electron chi connectivity index (χ0n) is 13.9. The van der Waals surface area contributed by atoms with Crippen LogP contribution in [-0.4, -0.2) is 19.1 Å². The number of benzene rings is 2. The monoisotopic (exact) mass is 310 g/mol. The third kappa shape index (κ3) is 3.21. The summed E-state index contributed by atoms with van der Waals surface area (Å²) >= 11 is 0. The Morgan fingerprint density at radius 2 is 1.96 bits per heavy atom. The van der Waals surface area contributed by atoms with Crippen LogP contribution < -0.4 is 10.3 Å². The van der Waals surface area contributed by atoms with E-state index in [1.54, 1.807) is 6.07 Å². The van der Waals surface area contributed by atoms with E-state index in [0.29, 0.717) is 11.3 Å². The van der Waals surface area contributed by atoms with Crippen molar-refractivity contribution in [2.75, 3.05) is 19.0 Å². The number of nitrogens with zero attached hydrogens (tertiary/aromatic N) is 2. The summed E-state index contributed by atoms with van der Waals surface area (Å²) in [6.45, 7) is 2.17. The minimum absolute atomic E-state index is 0.0161. The molecule has 0 spiro atoms. The Morgan fingerprint density at radius 1 is 1.13 bits per heavy atom. The molecule has 0 unspecified atom stereocenters. The standard InChI is InChI=1S/C19H22N2O2/c1-4-5-6-7-13-10-15(22)12-18-19(13)20-16-9-8-14(21(2)3)11-17(16)23-18/h8-12H,4-7H2,1-3H3. The Kier molecular flexibility index (Phi) is 4.33. The molecule has 1 aliphatic carbocycles. The topological polar surface area (TPSA) is 46.3 Å². The van der Waals surface area contributed by atoms with Gasteiger partial charge in [-0.05, 0) is 36.6 Å². The summed E-state index contributed by atoms with van der Waals surface area (Å²) in [5, 5.41) is 0. The summed E-state index contributed by atoms with van der Waals surface area (Å²) in [6, 6.07) is 9.17. The molecule has 0 radical (unpaired) electrons. The molecule has 0 fully saturated rings. The quantitative estimate of drug-likeness (QED) is 0.526. The van der Waals surface area contributed by atoms with Gasteiger partial charge in [0, 0.05) is 31.9 Å². The minimum atomic E-state index is -0.0161. The molecule has 0 amide bonds. The first-order valence-corrected chi connectivity index (χ1v) is 8.13. The van der Waals surface area contributed by atoms with Crippen LogP contribution in [0, 0.1) is 0 Å². The maximum atomic E-state index is 12.0. The molecule has 1 aromatic rings. The highest BCUT2D eigenvalue weighted by Crippen LogP contribution is 2.29. The van der Waals surface area contributed by atoms with Crippen LogP contribution in [0.15, 0.2) is 39.5 Å². The van der Waals surface area contributed by atoms with E-state index >= 15 is 0 Å². The van der Waals surface area contributed by atoms with E-state index in [-0.39, 0.29) is 5.43 Å². The van der Waals surface area contributed by atoms with Gasteiger partial charge in [0.2, 0.25) is 0 Å². The maximum absolute atomic E-state index is 12.0. The van der Waals surface area contributed by atoms with E-state index in [4.69, 9.17) is 9.40 Å². The van der Waals surface area contributed by atoms with Crippen LogP contribution in [0.1, 0.15) is 31.7 Å². The lowest BCUT2D eigenvalue weighted by molar-refractivity contribution is 0.609.